The van der Waals surface area contributed by atoms with Gasteiger partial charge >= 0.3 is 5.97 Å². The highest BCUT2D eigenvalue weighted by Gasteiger charge is 2.14. The molecule has 0 spiro atoms. The predicted octanol–water partition coefficient (Wildman–Crippen LogP) is 2.79. The van der Waals surface area contributed by atoms with Crippen molar-refractivity contribution in [2.24, 2.45) is 0 Å². The summed E-state index contributed by atoms with van der Waals surface area (Å²) in [5.41, 5.74) is 0. The van der Waals surface area contributed by atoms with Gasteiger partial charge < -0.3 is 9.52 Å². The van der Waals surface area contributed by atoms with Crippen molar-refractivity contribution in [3.63, 3.8) is 0 Å². The highest BCUT2D eigenvalue weighted by molar-refractivity contribution is 7.98. The number of carboxylic acid groups (broad SMARTS) is 1. The van der Waals surface area contributed by atoms with Crippen LogP contribution in [0.3, 0.4) is 0 Å². The summed E-state index contributed by atoms with van der Waals surface area (Å²) in [6.07, 6.45) is 2.92. The Hall–Kier alpha value is -0.900. The van der Waals surface area contributed by atoms with Gasteiger partial charge in [0.05, 0.1) is 5.25 Å². The quantitative estimate of drug-likeness (QED) is 0.811. The maximum atomic E-state index is 10.5. The molecule has 72 valence electrons. The second-order valence-electron chi connectivity index (χ2n) is 2.64. The van der Waals surface area contributed by atoms with Crippen LogP contribution >= 0.6 is 11.8 Å². The second kappa shape index (κ2) is 4.37. The standard InChI is InChI=1S/C9H12O3S/c1-3-8(13-2)6-4-5-7(12-6)9(10)11/h4-5,8H,3H2,1-2H3,(H,10,11). The molecule has 1 unspecified atom stereocenters. The zero-order chi connectivity index (χ0) is 9.84. The van der Waals surface area contributed by atoms with Gasteiger partial charge in [0.1, 0.15) is 5.76 Å². The topological polar surface area (TPSA) is 50.4 Å². The molecule has 1 N–H and O–H groups in total. The lowest BCUT2D eigenvalue weighted by molar-refractivity contribution is 0.0660. The van der Waals surface area contributed by atoms with Crippen molar-refractivity contribution < 1.29 is 14.3 Å². The number of furan rings is 1. The van der Waals surface area contributed by atoms with Gasteiger partial charge in [-0.3, -0.25) is 0 Å². The van der Waals surface area contributed by atoms with Crippen LogP contribution in [0.25, 0.3) is 0 Å². The Bertz CT molecular complexity index is 289. The van der Waals surface area contributed by atoms with E-state index in [4.69, 9.17) is 9.52 Å². The Labute approximate surface area is 81.1 Å². The van der Waals surface area contributed by atoms with Gasteiger partial charge in [-0.05, 0) is 24.8 Å². The predicted molar refractivity (Wildman–Crippen MR) is 52.2 cm³/mol. The highest BCUT2D eigenvalue weighted by atomic mass is 32.2. The Morgan fingerprint density at radius 1 is 1.69 bits per heavy atom. The molecule has 1 rings (SSSR count). The summed E-state index contributed by atoms with van der Waals surface area (Å²) in [5, 5.41) is 8.88. The second-order valence-corrected chi connectivity index (χ2v) is 3.68. The van der Waals surface area contributed by atoms with Gasteiger partial charge in [-0.15, -0.1) is 0 Å². The SMILES string of the molecule is CCC(SC)c1ccc(C(=O)O)o1. The first kappa shape index (κ1) is 10.2. The van der Waals surface area contributed by atoms with Gasteiger partial charge in [0.25, 0.3) is 0 Å². The van der Waals surface area contributed by atoms with Gasteiger partial charge in [-0.25, -0.2) is 4.79 Å². The largest absolute Gasteiger partial charge is 0.475 e. The number of thioether (sulfide) groups is 1. The fraction of sp³-hybridized carbons (Fsp3) is 0.444. The zero-order valence-electron chi connectivity index (χ0n) is 7.61. The molecular weight excluding hydrogens is 188 g/mol. The number of hydrogen-bond acceptors (Lipinski definition) is 3. The highest BCUT2D eigenvalue weighted by Crippen LogP contribution is 2.30. The van der Waals surface area contributed by atoms with Crippen LogP contribution in [0.5, 0.6) is 0 Å². The number of rotatable bonds is 4. The van der Waals surface area contributed by atoms with Gasteiger partial charge in [0, 0.05) is 0 Å². The first-order valence-corrected chi connectivity index (χ1v) is 5.33. The summed E-state index contributed by atoms with van der Waals surface area (Å²) in [6, 6.07) is 3.23. The van der Waals surface area contributed by atoms with E-state index in [1.807, 2.05) is 13.2 Å². The van der Waals surface area contributed by atoms with Crippen LogP contribution in [0.15, 0.2) is 16.5 Å². The summed E-state index contributed by atoms with van der Waals surface area (Å²) in [7, 11) is 0. The third-order valence-electron chi connectivity index (χ3n) is 1.81. The van der Waals surface area contributed by atoms with Gasteiger partial charge in [-0.1, -0.05) is 6.92 Å². The molecule has 1 aromatic heterocycles. The summed E-state index contributed by atoms with van der Waals surface area (Å²) in [4.78, 5) is 10.5. The van der Waals surface area contributed by atoms with E-state index in [1.54, 1.807) is 17.8 Å². The molecule has 3 nitrogen and oxygen atoms in total. The van der Waals surface area contributed by atoms with Crippen LogP contribution < -0.4 is 0 Å². The summed E-state index contributed by atoms with van der Waals surface area (Å²) in [5.74, 6) is -0.253. The zero-order valence-corrected chi connectivity index (χ0v) is 8.43. The number of hydrogen-bond donors (Lipinski definition) is 1. The van der Waals surface area contributed by atoms with E-state index < -0.39 is 5.97 Å². The van der Waals surface area contributed by atoms with E-state index in [2.05, 4.69) is 0 Å². The fourth-order valence-electron chi connectivity index (χ4n) is 1.12. The third kappa shape index (κ3) is 2.28. The fourth-order valence-corrected chi connectivity index (χ4v) is 1.82. The molecular formula is C9H12O3S. The van der Waals surface area contributed by atoms with Crippen LogP contribution in [0, 0.1) is 0 Å². The van der Waals surface area contributed by atoms with Crippen molar-refractivity contribution in [3.05, 3.63) is 23.7 Å². The molecule has 0 aromatic carbocycles. The summed E-state index contributed by atoms with van der Waals surface area (Å²) >= 11 is 1.66. The van der Waals surface area contributed by atoms with Crippen molar-refractivity contribution in [3.8, 4) is 0 Å². The maximum absolute atomic E-state index is 10.5. The molecule has 0 aliphatic rings. The average Bonchev–Trinajstić information content (AvgIpc) is 2.56. The molecule has 1 atom stereocenters. The normalized spacial score (nSPS) is 12.8. The van der Waals surface area contributed by atoms with E-state index >= 15 is 0 Å². The Balaban J connectivity index is 2.84. The van der Waals surface area contributed by atoms with Crippen molar-refractivity contribution in [2.45, 2.75) is 18.6 Å². The molecule has 1 heterocycles. The van der Waals surface area contributed by atoms with E-state index in [-0.39, 0.29) is 11.0 Å². The van der Waals surface area contributed by atoms with E-state index in [1.165, 1.54) is 6.07 Å². The monoisotopic (exact) mass is 200 g/mol. The van der Waals surface area contributed by atoms with Gasteiger partial charge in [0.2, 0.25) is 5.76 Å². The molecule has 0 saturated carbocycles. The van der Waals surface area contributed by atoms with E-state index in [0.29, 0.717) is 0 Å². The maximum Gasteiger partial charge on any atom is 0.371 e. The molecule has 1 aromatic rings. The Kier molecular flexibility index (Phi) is 3.42. The van der Waals surface area contributed by atoms with Crippen LogP contribution in [-0.2, 0) is 0 Å². The molecule has 0 bridgehead atoms. The first-order valence-electron chi connectivity index (χ1n) is 4.04. The first-order chi connectivity index (χ1) is 6.19. The third-order valence-corrected chi connectivity index (χ3v) is 2.94. The summed E-state index contributed by atoms with van der Waals surface area (Å²) in [6.45, 7) is 2.05. The van der Waals surface area contributed by atoms with Crippen LogP contribution in [0.4, 0.5) is 0 Å². The minimum Gasteiger partial charge on any atom is -0.475 e. The van der Waals surface area contributed by atoms with Crippen LogP contribution in [0.2, 0.25) is 0 Å². The van der Waals surface area contributed by atoms with Gasteiger partial charge in [-0.2, -0.15) is 11.8 Å². The van der Waals surface area contributed by atoms with Crippen molar-refractivity contribution in [1.82, 2.24) is 0 Å². The lowest BCUT2D eigenvalue weighted by atomic mass is 10.3. The van der Waals surface area contributed by atoms with E-state index in [9.17, 15) is 4.79 Å². The molecule has 0 aliphatic heterocycles. The van der Waals surface area contributed by atoms with Crippen molar-refractivity contribution in [2.75, 3.05) is 6.26 Å². The molecule has 4 heteroatoms. The number of aromatic carboxylic acids is 1. The number of carbonyl (C=O) groups is 1. The van der Waals surface area contributed by atoms with E-state index in [0.717, 1.165) is 12.2 Å². The molecule has 0 aliphatic carbocycles. The lowest BCUT2D eigenvalue weighted by Crippen LogP contribution is -1.93. The molecule has 0 radical (unpaired) electrons. The molecule has 0 fully saturated rings. The Morgan fingerprint density at radius 3 is 2.77 bits per heavy atom. The van der Waals surface area contributed by atoms with Crippen molar-refractivity contribution >= 4 is 17.7 Å². The van der Waals surface area contributed by atoms with Crippen molar-refractivity contribution in [1.29, 1.82) is 0 Å². The minimum atomic E-state index is -1.01. The number of carboxylic acids is 1. The minimum absolute atomic E-state index is 0.0162. The molecule has 0 amide bonds. The molecule has 13 heavy (non-hydrogen) atoms. The summed E-state index contributed by atoms with van der Waals surface area (Å²) < 4.78 is 5.17. The smallest absolute Gasteiger partial charge is 0.371 e. The average molecular weight is 200 g/mol. The Morgan fingerprint density at radius 2 is 2.38 bits per heavy atom. The van der Waals surface area contributed by atoms with Crippen LogP contribution in [0.1, 0.15) is 34.9 Å². The van der Waals surface area contributed by atoms with Gasteiger partial charge in [0.15, 0.2) is 0 Å². The lowest BCUT2D eigenvalue weighted by Gasteiger charge is -2.06. The van der Waals surface area contributed by atoms with Crippen LogP contribution in [-0.4, -0.2) is 17.3 Å². The molecule has 0 saturated heterocycles.